The number of anilines is 1. The first-order valence-electron chi connectivity index (χ1n) is 14.8. The van der Waals surface area contributed by atoms with Crippen LogP contribution in [0.3, 0.4) is 0 Å². The molecule has 270 valence electrons. The van der Waals surface area contributed by atoms with Crippen molar-refractivity contribution in [2.45, 2.75) is 0 Å². The van der Waals surface area contributed by atoms with Crippen molar-refractivity contribution >= 4 is 62.3 Å². The molecular formula is C30H32Cl2N10O9. The van der Waals surface area contributed by atoms with Crippen LogP contribution in [0.25, 0.3) is 33.1 Å². The van der Waals surface area contributed by atoms with Gasteiger partial charge in [0.15, 0.2) is 0 Å². The third-order valence-corrected chi connectivity index (χ3v) is 6.65. The second-order valence-electron chi connectivity index (χ2n) is 9.83. The largest absolute Gasteiger partial charge is 0.594 e. The summed E-state index contributed by atoms with van der Waals surface area (Å²) >= 11 is 11.2. The number of rotatable bonds is 12. The second kappa shape index (κ2) is 19.1. The summed E-state index contributed by atoms with van der Waals surface area (Å²) in [7, 11) is 4.77. The topological polar surface area (TPSA) is 240 Å². The Morgan fingerprint density at radius 1 is 0.529 bits per heavy atom. The van der Waals surface area contributed by atoms with Gasteiger partial charge in [-0.1, -0.05) is 0 Å². The first kappa shape index (κ1) is 38.3. The molecule has 0 aliphatic heterocycles. The summed E-state index contributed by atoms with van der Waals surface area (Å²) in [6.07, 6.45) is 0. The standard InChI is InChI=1S/2C10H10ClN3O3.C10H12N4O3/c3*1-16-4-5-17-7-2-3-8-9(6-7)14(15)13-10(11)12-8/h2*2-3,6H,4-5H2,1H3;2-3,6H,4-5H2,1H3,(H2,11,12,13). The lowest BCUT2D eigenvalue weighted by Crippen LogP contribution is -2.33. The maximum atomic E-state index is 11.5. The summed E-state index contributed by atoms with van der Waals surface area (Å²) < 4.78 is 30.7. The first-order valence-corrected chi connectivity index (χ1v) is 15.5. The normalized spacial score (nSPS) is 10.7. The molecule has 19 nitrogen and oxygen atoms in total. The van der Waals surface area contributed by atoms with Gasteiger partial charge in [-0.25, -0.2) is 15.0 Å². The Kier molecular flexibility index (Phi) is 14.3. The SMILES string of the molecule is COCCOc1ccc2nc(Cl)n[n+]([O-])c2c1.COCCOc1ccc2nc(Cl)n[n+]([O-])c2c1.COCCOc1ccc2nc(N)n[n+]([O-])c2c1. The van der Waals surface area contributed by atoms with E-state index in [0.717, 1.165) is 0 Å². The maximum absolute atomic E-state index is 11.5. The zero-order valence-corrected chi connectivity index (χ0v) is 29.0. The van der Waals surface area contributed by atoms with Crippen molar-refractivity contribution in [2.24, 2.45) is 0 Å². The molecule has 3 aromatic carbocycles. The van der Waals surface area contributed by atoms with Crippen LogP contribution in [0.1, 0.15) is 0 Å². The van der Waals surface area contributed by atoms with E-state index in [-0.39, 0.29) is 16.5 Å². The fraction of sp³-hybridized carbons (Fsp3) is 0.300. The van der Waals surface area contributed by atoms with Gasteiger partial charge in [-0.2, -0.15) is 0 Å². The molecule has 2 N–H and O–H groups in total. The van der Waals surface area contributed by atoms with Gasteiger partial charge in [0, 0.05) is 31.5 Å². The Labute approximate surface area is 299 Å². The van der Waals surface area contributed by atoms with E-state index < -0.39 is 0 Å². The molecule has 6 rings (SSSR count). The second-order valence-corrected chi connectivity index (χ2v) is 10.5. The first-order chi connectivity index (χ1) is 24.6. The van der Waals surface area contributed by atoms with E-state index in [1.807, 2.05) is 0 Å². The molecule has 51 heavy (non-hydrogen) atoms. The van der Waals surface area contributed by atoms with Crippen LogP contribution < -0.4 is 34.5 Å². The van der Waals surface area contributed by atoms with Gasteiger partial charge < -0.3 is 49.8 Å². The number of benzene rings is 3. The maximum Gasteiger partial charge on any atom is 0.290 e. The van der Waals surface area contributed by atoms with E-state index in [9.17, 15) is 15.6 Å². The van der Waals surface area contributed by atoms with Crippen LogP contribution in [0.15, 0.2) is 54.6 Å². The zero-order chi connectivity index (χ0) is 36.8. The predicted octanol–water partition coefficient (Wildman–Crippen LogP) is 1.75. The minimum Gasteiger partial charge on any atom is -0.594 e. The van der Waals surface area contributed by atoms with E-state index in [0.29, 0.717) is 105 Å². The summed E-state index contributed by atoms with van der Waals surface area (Å²) in [5, 5.41) is 44.7. The minimum atomic E-state index is -0.0828. The summed E-state index contributed by atoms with van der Waals surface area (Å²) in [6, 6.07) is 14.8. The molecule has 3 heterocycles. The van der Waals surface area contributed by atoms with Crippen molar-refractivity contribution in [3.63, 3.8) is 0 Å². The molecule has 0 radical (unpaired) electrons. The Balaban J connectivity index is 0.000000172. The van der Waals surface area contributed by atoms with Gasteiger partial charge in [0.05, 0.1) is 43.1 Å². The monoisotopic (exact) mass is 746 g/mol. The fourth-order valence-corrected chi connectivity index (χ4v) is 4.36. The van der Waals surface area contributed by atoms with Crippen molar-refractivity contribution in [1.29, 1.82) is 0 Å². The van der Waals surface area contributed by atoms with E-state index in [1.54, 1.807) is 75.9 Å². The number of aromatic nitrogens is 9. The smallest absolute Gasteiger partial charge is 0.290 e. The Bertz CT molecular complexity index is 1840. The molecule has 3 aromatic heterocycles. The number of fused-ring (bicyclic) bond motifs is 3. The van der Waals surface area contributed by atoms with Crippen molar-refractivity contribution in [2.75, 3.05) is 66.7 Å². The number of halogens is 2. The van der Waals surface area contributed by atoms with E-state index in [1.165, 1.54) is 0 Å². The Hall–Kier alpha value is -5.47. The summed E-state index contributed by atoms with van der Waals surface area (Å²) in [5.41, 5.74) is 7.72. The highest BCUT2D eigenvalue weighted by Gasteiger charge is 2.13. The van der Waals surface area contributed by atoms with Gasteiger partial charge in [0.2, 0.25) is 0 Å². The van der Waals surface area contributed by atoms with Gasteiger partial charge in [0.25, 0.3) is 33.1 Å². The van der Waals surface area contributed by atoms with Crippen LogP contribution in [0, 0.1) is 15.6 Å². The van der Waals surface area contributed by atoms with Crippen molar-refractivity contribution in [3.05, 3.63) is 80.8 Å². The number of ether oxygens (including phenoxy) is 6. The molecule has 0 aliphatic rings. The number of hydrogen-bond donors (Lipinski definition) is 1. The number of methoxy groups -OCH3 is 3. The summed E-state index contributed by atoms with van der Waals surface area (Å²) in [4.78, 5) is 13.1. The molecule has 0 amide bonds. The van der Waals surface area contributed by atoms with Crippen molar-refractivity contribution in [3.8, 4) is 17.2 Å². The van der Waals surface area contributed by atoms with Crippen molar-refractivity contribution < 1.29 is 43.0 Å². The zero-order valence-electron chi connectivity index (χ0n) is 27.5. The Morgan fingerprint density at radius 2 is 0.863 bits per heavy atom. The number of nitrogens with zero attached hydrogens (tertiary/aromatic N) is 9. The summed E-state index contributed by atoms with van der Waals surface area (Å²) in [6.45, 7) is 2.67. The minimum absolute atomic E-state index is 0.0550. The van der Waals surface area contributed by atoms with Gasteiger partial charge in [0.1, 0.15) is 53.6 Å². The number of nitrogens with two attached hydrogens (primary N) is 1. The highest BCUT2D eigenvalue weighted by molar-refractivity contribution is 6.28. The van der Waals surface area contributed by atoms with Gasteiger partial charge in [-0.3, -0.25) is 0 Å². The number of nitrogen functional groups attached to an aromatic ring is 1. The average Bonchev–Trinajstić information content (AvgIpc) is 3.10. The lowest BCUT2D eigenvalue weighted by molar-refractivity contribution is -0.643. The molecule has 0 spiro atoms. The quantitative estimate of drug-likeness (QED) is 0.107. The molecule has 21 heteroatoms. The fourth-order valence-electron chi connectivity index (χ4n) is 4.04. The molecule has 0 unspecified atom stereocenters. The molecule has 0 atom stereocenters. The number of hydrogen-bond acceptors (Lipinski definition) is 16. The molecular weight excluding hydrogens is 715 g/mol. The van der Waals surface area contributed by atoms with E-state index in [4.69, 9.17) is 57.4 Å². The lowest BCUT2D eigenvalue weighted by atomic mass is 10.3. The third-order valence-electron chi connectivity index (χ3n) is 6.33. The van der Waals surface area contributed by atoms with Crippen LogP contribution in [-0.4, -0.2) is 91.2 Å². The predicted molar refractivity (Wildman–Crippen MR) is 182 cm³/mol. The van der Waals surface area contributed by atoms with Crippen LogP contribution in [0.2, 0.25) is 10.6 Å². The summed E-state index contributed by atoms with van der Waals surface area (Å²) in [5.74, 6) is 1.63. The lowest BCUT2D eigenvalue weighted by Gasteiger charge is -2.05. The molecule has 0 saturated carbocycles. The molecule has 0 bridgehead atoms. The average molecular weight is 748 g/mol. The van der Waals surface area contributed by atoms with Gasteiger partial charge in [-0.15, -0.1) is 0 Å². The third kappa shape index (κ3) is 11.3. The molecule has 0 fully saturated rings. The molecule has 0 aliphatic carbocycles. The van der Waals surface area contributed by atoms with Crippen LogP contribution in [0.5, 0.6) is 17.2 Å². The highest BCUT2D eigenvalue weighted by Crippen LogP contribution is 2.19. The highest BCUT2D eigenvalue weighted by atomic mass is 35.5. The van der Waals surface area contributed by atoms with E-state index >= 15 is 0 Å². The van der Waals surface area contributed by atoms with E-state index in [2.05, 4.69) is 30.2 Å². The van der Waals surface area contributed by atoms with Crippen molar-refractivity contribution in [1.82, 2.24) is 30.2 Å². The Morgan fingerprint density at radius 3 is 1.22 bits per heavy atom. The van der Waals surface area contributed by atoms with Crippen LogP contribution in [0.4, 0.5) is 5.95 Å². The molecule has 0 saturated heterocycles. The van der Waals surface area contributed by atoms with Crippen LogP contribution in [-0.2, 0) is 14.2 Å². The van der Waals surface area contributed by atoms with Gasteiger partial charge >= 0.3 is 0 Å². The van der Waals surface area contributed by atoms with Crippen LogP contribution >= 0.6 is 23.2 Å². The van der Waals surface area contributed by atoms with Gasteiger partial charge in [-0.05, 0) is 74.1 Å². The molecule has 6 aromatic rings.